The molecule has 3 aromatic rings. The highest BCUT2D eigenvalue weighted by Gasteiger charge is 2.31. The number of fused-ring (bicyclic) bond motifs is 1. The van der Waals surface area contributed by atoms with E-state index in [0.717, 1.165) is 35.0 Å². The number of nitrogens with one attached hydrogen (secondary N) is 5. The summed E-state index contributed by atoms with van der Waals surface area (Å²) in [6, 6.07) is 13.2. The van der Waals surface area contributed by atoms with Crippen LogP contribution in [0.2, 0.25) is 0 Å². The van der Waals surface area contributed by atoms with E-state index in [1.54, 1.807) is 6.20 Å². The number of amides is 3. The number of nitrogens with two attached hydrogens (primary N) is 1. The number of unbranched alkanes of at least 4 members (excludes halogenated alkanes) is 1. The van der Waals surface area contributed by atoms with Gasteiger partial charge in [0.1, 0.15) is 18.1 Å². The van der Waals surface area contributed by atoms with Gasteiger partial charge in [-0.05, 0) is 62.4 Å². The maximum atomic E-state index is 13.6. The highest BCUT2D eigenvalue weighted by atomic mass is 16.4. The van der Waals surface area contributed by atoms with Crippen molar-refractivity contribution in [3.05, 3.63) is 71.9 Å². The van der Waals surface area contributed by atoms with Crippen LogP contribution < -0.4 is 27.0 Å². The maximum absolute atomic E-state index is 13.6. The molecule has 1 aromatic heterocycles. The number of aliphatic carboxylic acids is 1. The Kier molecular flexibility index (Phi) is 11.1. The molecule has 224 valence electrons. The molecule has 0 spiro atoms. The molecule has 11 nitrogen and oxygen atoms in total. The number of para-hydroxylation sites is 1. The minimum atomic E-state index is -1.22. The number of hydrogen-bond donors (Lipinski definition) is 7. The summed E-state index contributed by atoms with van der Waals surface area (Å²) in [5.41, 5.74) is 8.06. The Morgan fingerprint density at radius 1 is 0.881 bits per heavy atom. The molecule has 4 rings (SSSR count). The molecule has 8 N–H and O–H groups in total. The molecular weight excluding hydrogens is 536 g/mol. The third kappa shape index (κ3) is 8.40. The minimum Gasteiger partial charge on any atom is -0.480 e. The lowest BCUT2D eigenvalue weighted by Gasteiger charge is -2.25. The molecule has 11 heteroatoms. The van der Waals surface area contributed by atoms with E-state index in [1.807, 2.05) is 54.6 Å². The number of benzene rings is 2. The molecule has 3 amide bonds. The number of carbonyl (C=O) groups is 4. The molecule has 2 heterocycles. The van der Waals surface area contributed by atoms with Crippen molar-refractivity contribution in [2.45, 2.75) is 69.1 Å². The predicted octanol–water partition coefficient (Wildman–Crippen LogP) is 1.37. The summed E-state index contributed by atoms with van der Waals surface area (Å²) >= 11 is 0. The third-order valence-electron chi connectivity index (χ3n) is 7.59. The van der Waals surface area contributed by atoms with Gasteiger partial charge in [-0.15, -0.1) is 0 Å². The second kappa shape index (κ2) is 15.1. The van der Waals surface area contributed by atoms with E-state index in [-0.39, 0.29) is 24.8 Å². The molecule has 42 heavy (non-hydrogen) atoms. The monoisotopic (exact) mass is 576 g/mol. The highest BCUT2D eigenvalue weighted by molar-refractivity contribution is 5.94. The molecule has 1 saturated heterocycles. The van der Waals surface area contributed by atoms with Crippen molar-refractivity contribution in [1.82, 2.24) is 26.3 Å². The molecule has 0 aliphatic carbocycles. The molecule has 0 radical (unpaired) electrons. The van der Waals surface area contributed by atoms with Crippen molar-refractivity contribution in [3.63, 3.8) is 0 Å². The second-order valence-electron chi connectivity index (χ2n) is 10.7. The van der Waals surface area contributed by atoms with Crippen LogP contribution in [0.15, 0.2) is 60.8 Å². The summed E-state index contributed by atoms with van der Waals surface area (Å²) < 4.78 is 0. The summed E-state index contributed by atoms with van der Waals surface area (Å²) in [6.45, 7) is 1.20. The molecule has 2 aromatic carbocycles. The van der Waals surface area contributed by atoms with E-state index < -0.39 is 35.9 Å². The fourth-order valence-corrected chi connectivity index (χ4v) is 5.27. The Balaban J connectivity index is 1.50. The fourth-order valence-electron chi connectivity index (χ4n) is 5.27. The van der Waals surface area contributed by atoms with E-state index in [1.165, 1.54) is 0 Å². The van der Waals surface area contributed by atoms with Crippen LogP contribution in [0.3, 0.4) is 0 Å². The molecular formula is C31H40N6O5. The number of carboxylic acid groups (broad SMARTS) is 1. The van der Waals surface area contributed by atoms with Crippen molar-refractivity contribution in [3.8, 4) is 0 Å². The number of hydrogen-bond acceptors (Lipinski definition) is 6. The Labute approximate surface area is 245 Å². The zero-order valence-corrected chi connectivity index (χ0v) is 23.6. The summed E-state index contributed by atoms with van der Waals surface area (Å²) in [5.74, 6) is -2.56. The van der Waals surface area contributed by atoms with Gasteiger partial charge in [-0.1, -0.05) is 48.5 Å². The van der Waals surface area contributed by atoms with Crippen LogP contribution in [0.4, 0.5) is 0 Å². The number of aromatic nitrogens is 1. The van der Waals surface area contributed by atoms with Crippen LogP contribution >= 0.6 is 0 Å². The van der Waals surface area contributed by atoms with E-state index in [0.29, 0.717) is 32.2 Å². The van der Waals surface area contributed by atoms with E-state index in [4.69, 9.17) is 5.73 Å². The topological polar surface area (TPSA) is 178 Å². The van der Waals surface area contributed by atoms with Gasteiger partial charge in [0.05, 0.1) is 6.04 Å². The van der Waals surface area contributed by atoms with Gasteiger partial charge < -0.3 is 37.1 Å². The van der Waals surface area contributed by atoms with Gasteiger partial charge in [-0.25, -0.2) is 4.79 Å². The number of carbonyl (C=O) groups excluding carboxylic acids is 3. The Morgan fingerprint density at radius 2 is 1.60 bits per heavy atom. The SMILES string of the molecule is NCCCCC(NC(=O)C1CCCN1)C(=O)NC(Cc1ccccc1)C(=O)NC(Cc1c[nH]c2ccccc12)C(=O)O. The van der Waals surface area contributed by atoms with Crippen LogP contribution in [0.25, 0.3) is 10.9 Å². The average molecular weight is 577 g/mol. The highest BCUT2D eigenvalue weighted by Crippen LogP contribution is 2.19. The molecule has 0 saturated carbocycles. The average Bonchev–Trinajstić information content (AvgIpc) is 3.67. The summed E-state index contributed by atoms with van der Waals surface area (Å²) in [7, 11) is 0. The van der Waals surface area contributed by atoms with Gasteiger partial charge in [0.15, 0.2) is 0 Å². The third-order valence-corrected chi connectivity index (χ3v) is 7.59. The van der Waals surface area contributed by atoms with Crippen LogP contribution in [0.1, 0.15) is 43.2 Å². The largest absolute Gasteiger partial charge is 0.480 e. The van der Waals surface area contributed by atoms with Crippen molar-refractivity contribution in [2.75, 3.05) is 13.1 Å². The van der Waals surface area contributed by atoms with Crippen molar-refractivity contribution in [2.24, 2.45) is 5.73 Å². The minimum absolute atomic E-state index is 0.0588. The van der Waals surface area contributed by atoms with Crippen LogP contribution in [-0.2, 0) is 32.0 Å². The molecule has 0 bridgehead atoms. The number of carboxylic acids is 1. The first-order valence-electron chi connectivity index (χ1n) is 14.5. The fraction of sp³-hybridized carbons (Fsp3) is 0.419. The lowest BCUT2D eigenvalue weighted by Crippen LogP contribution is -2.57. The Bertz CT molecular complexity index is 1350. The molecule has 1 fully saturated rings. The van der Waals surface area contributed by atoms with Crippen molar-refractivity contribution in [1.29, 1.82) is 0 Å². The van der Waals surface area contributed by atoms with Gasteiger partial charge in [-0.2, -0.15) is 0 Å². The van der Waals surface area contributed by atoms with Crippen molar-refractivity contribution >= 4 is 34.6 Å². The first-order valence-corrected chi connectivity index (χ1v) is 14.5. The molecule has 1 aliphatic heterocycles. The van der Waals surface area contributed by atoms with E-state index in [2.05, 4.69) is 26.3 Å². The van der Waals surface area contributed by atoms with Crippen molar-refractivity contribution < 1.29 is 24.3 Å². The van der Waals surface area contributed by atoms with Crippen LogP contribution in [0.5, 0.6) is 0 Å². The van der Waals surface area contributed by atoms with Crippen LogP contribution in [-0.4, -0.2) is 71.0 Å². The molecule has 4 unspecified atom stereocenters. The Morgan fingerprint density at radius 3 is 2.31 bits per heavy atom. The second-order valence-corrected chi connectivity index (χ2v) is 10.7. The lowest BCUT2D eigenvalue weighted by molar-refractivity contribution is -0.142. The maximum Gasteiger partial charge on any atom is 0.326 e. The standard InChI is InChI=1S/C31H40N6O5/c32-15-7-6-13-25(35-28(38)24-14-8-16-33-24)29(39)36-26(17-20-9-2-1-3-10-20)30(40)37-27(31(41)42)18-21-19-34-23-12-5-4-11-22(21)23/h1-5,9-12,19,24-27,33-34H,6-8,13-18,32H2,(H,35,38)(H,36,39)(H,37,40)(H,41,42). The number of rotatable bonds is 15. The Hall–Kier alpha value is -4.22. The van der Waals surface area contributed by atoms with E-state index >= 15 is 0 Å². The summed E-state index contributed by atoms with van der Waals surface area (Å²) in [5, 5.41) is 22.3. The molecule has 1 aliphatic rings. The first-order chi connectivity index (χ1) is 20.4. The normalized spacial score (nSPS) is 16.8. The van der Waals surface area contributed by atoms with Gasteiger partial charge >= 0.3 is 5.97 Å². The summed E-state index contributed by atoms with van der Waals surface area (Å²) in [4.78, 5) is 55.3. The van der Waals surface area contributed by atoms with Gasteiger partial charge in [0, 0.05) is 29.9 Å². The zero-order valence-electron chi connectivity index (χ0n) is 23.6. The zero-order chi connectivity index (χ0) is 29.9. The summed E-state index contributed by atoms with van der Waals surface area (Å²) in [6.07, 6.45) is 5.18. The first kappa shape index (κ1) is 30.7. The quantitative estimate of drug-likeness (QED) is 0.134. The predicted molar refractivity (Wildman–Crippen MR) is 160 cm³/mol. The van der Waals surface area contributed by atoms with Crippen LogP contribution in [0, 0.1) is 0 Å². The number of H-pyrrole nitrogens is 1. The molecule has 4 atom stereocenters. The van der Waals surface area contributed by atoms with E-state index in [9.17, 15) is 24.3 Å². The van der Waals surface area contributed by atoms with Gasteiger partial charge in [0.2, 0.25) is 17.7 Å². The smallest absolute Gasteiger partial charge is 0.326 e. The van der Waals surface area contributed by atoms with Gasteiger partial charge in [-0.3, -0.25) is 14.4 Å². The number of aromatic amines is 1. The lowest BCUT2D eigenvalue weighted by atomic mass is 10.0. The van der Waals surface area contributed by atoms with Gasteiger partial charge in [0.25, 0.3) is 0 Å².